The fourth-order valence-corrected chi connectivity index (χ4v) is 2.38. The molecular formula is C21H22O8. The Morgan fingerprint density at radius 3 is 2.24 bits per heavy atom. The zero-order valence-corrected chi connectivity index (χ0v) is 15.7. The van der Waals surface area contributed by atoms with E-state index in [0.29, 0.717) is 17.5 Å². The molecule has 0 saturated carbocycles. The van der Waals surface area contributed by atoms with E-state index >= 15 is 0 Å². The Kier molecular flexibility index (Phi) is 7.47. The van der Waals surface area contributed by atoms with Crippen LogP contribution in [-0.4, -0.2) is 39.0 Å². The highest BCUT2D eigenvalue weighted by Gasteiger charge is 2.22. The molecule has 0 radical (unpaired) electrons. The highest BCUT2D eigenvalue weighted by Crippen LogP contribution is 2.31. The predicted octanol–water partition coefficient (Wildman–Crippen LogP) is 3.15. The van der Waals surface area contributed by atoms with E-state index in [0.717, 1.165) is 6.08 Å². The highest BCUT2D eigenvalue weighted by atomic mass is 16.6. The van der Waals surface area contributed by atoms with Crippen molar-refractivity contribution < 1.29 is 39.5 Å². The summed E-state index contributed by atoms with van der Waals surface area (Å²) in [6, 6.07) is 7.85. The molecule has 8 nitrogen and oxygen atoms in total. The van der Waals surface area contributed by atoms with Gasteiger partial charge in [-0.15, -0.1) is 0 Å². The molecule has 1 unspecified atom stereocenters. The van der Waals surface area contributed by atoms with Gasteiger partial charge in [0.15, 0.2) is 23.0 Å². The predicted molar refractivity (Wildman–Crippen MR) is 103 cm³/mol. The van der Waals surface area contributed by atoms with Gasteiger partial charge in [0.05, 0.1) is 13.0 Å². The van der Waals surface area contributed by atoms with E-state index in [1.165, 1.54) is 42.5 Å². The first-order valence-electron chi connectivity index (χ1n) is 8.88. The zero-order chi connectivity index (χ0) is 21.4. The monoisotopic (exact) mass is 402 g/mol. The third-order valence-corrected chi connectivity index (χ3v) is 3.86. The van der Waals surface area contributed by atoms with Crippen LogP contribution in [0.2, 0.25) is 0 Å². The Morgan fingerprint density at radius 1 is 0.966 bits per heavy atom. The third-order valence-electron chi connectivity index (χ3n) is 3.86. The minimum atomic E-state index is -1.05. The van der Waals surface area contributed by atoms with E-state index in [4.69, 9.17) is 9.47 Å². The normalized spacial score (nSPS) is 11.9. The molecule has 0 heterocycles. The highest BCUT2D eigenvalue weighted by molar-refractivity contribution is 5.87. The fraction of sp³-hybridized carbons (Fsp3) is 0.238. The lowest BCUT2D eigenvalue weighted by Crippen LogP contribution is -2.16. The zero-order valence-electron chi connectivity index (χ0n) is 15.7. The van der Waals surface area contributed by atoms with Crippen LogP contribution in [0.4, 0.5) is 0 Å². The van der Waals surface area contributed by atoms with Crippen LogP contribution in [0.1, 0.15) is 37.0 Å². The molecule has 2 aromatic carbocycles. The Labute approximate surface area is 167 Å². The van der Waals surface area contributed by atoms with Crippen LogP contribution >= 0.6 is 0 Å². The van der Waals surface area contributed by atoms with Crippen molar-refractivity contribution in [3.8, 4) is 23.0 Å². The number of aromatic hydroxyl groups is 4. The molecule has 8 heteroatoms. The van der Waals surface area contributed by atoms with E-state index in [1.807, 2.05) is 6.92 Å². The Bertz CT molecular complexity index is 904. The number of carbonyl (C=O) groups excluding carboxylic acids is 2. The molecule has 0 aliphatic carbocycles. The van der Waals surface area contributed by atoms with E-state index in [9.17, 15) is 30.0 Å². The topological polar surface area (TPSA) is 134 Å². The smallest absolute Gasteiger partial charge is 0.331 e. The largest absolute Gasteiger partial charge is 0.504 e. The van der Waals surface area contributed by atoms with Crippen LogP contribution in [0.5, 0.6) is 23.0 Å². The molecule has 0 bridgehead atoms. The molecule has 0 amide bonds. The van der Waals surface area contributed by atoms with Gasteiger partial charge in [-0.2, -0.15) is 0 Å². The lowest BCUT2D eigenvalue weighted by Gasteiger charge is -2.17. The summed E-state index contributed by atoms with van der Waals surface area (Å²) in [5.74, 6) is -2.75. The number of esters is 2. The molecule has 0 aromatic heterocycles. The molecule has 2 aromatic rings. The standard InChI is InChI=1S/C21H22O8/c1-2-9-28-21(27)12-19(14-5-7-16(23)18(25)11-14)29-20(26)8-4-13-3-6-15(22)17(24)10-13/h3-8,10-11,19,22-25H,2,9,12H2,1H3/b8-4+. The maximum Gasteiger partial charge on any atom is 0.331 e. The van der Waals surface area contributed by atoms with Gasteiger partial charge in [0.2, 0.25) is 0 Å². The van der Waals surface area contributed by atoms with Crippen molar-refractivity contribution in [1.29, 1.82) is 0 Å². The molecule has 29 heavy (non-hydrogen) atoms. The summed E-state index contributed by atoms with van der Waals surface area (Å²) in [6.45, 7) is 2.07. The second kappa shape index (κ2) is 10.0. The van der Waals surface area contributed by atoms with Crippen LogP contribution in [-0.2, 0) is 19.1 Å². The van der Waals surface area contributed by atoms with Gasteiger partial charge in [0.25, 0.3) is 0 Å². The summed E-state index contributed by atoms with van der Waals surface area (Å²) in [5.41, 5.74) is 0.746. The number of rotatable bonds is 8. The summed E-state index contributed by atoms with van der Waals surface area (Å²) in [4.78, 5) is 24.2. The molecule has 0 saturated heterocycles. The van der Waals surface area contributed by atoms with Crippen molar-refractivity contribution in [2.75, 3.05) is 6.61 Å². The maximum absolute atomic E-state index is 12.2. The molecule has 154 valence electrons. The van der Waals surface area contributed by atoms with Crippen LogP contribution in [0.3, 0.4) is 0 Å². The van der Waals surface area contributed by atoms with Crippen LogP contribution in [0.15, 0.2) is 42.5 Å². The summed E-state index contributed by atoms with van der Waals surface area (Å²) in [5, 5.41) is 37.9. The molecule has 0 spiro atoms. The fourth-order valence-electron chi connectivity index (χ4n) is 2.38. The first-order chi connectivity index (χ1) is 13.8. The molecular weight excluding hydrogens is 380 g/mol. The number of hydrogen-bond donors (Lipinski definition) is 4. The minimum absolute atomic E-state index is 0.227. The van der Waals surface area contributed by atoms with Gasteiger partial charge >= 0.3 is 11.9 Å². The van der Waals surface area contributed by atoms with Crippen molar-refractivity contribution in [2.45, 2.75) is 25.9 Å². The average Bonchev–Trinajstić information content (AvgIpc) is 2.69. The lowest BCUT2D eigenvalue weighted by atomic mass is 10.1. The molecule has 1 atom stereocenters. The number of carbonyl (C=O) groups is 2. The first-order valence-corrected chi connectivity index (χ1v) is 8.88. The first kappa shape index (κ1) is 21.6. The van der Waals surface area contributed by atoms with Crippen LogP contribution in [0.25, 0.3) is 6.08 Å². The number of benzene rings is 2. The van der Waals surface area contributed by atoms with Crippen molar-refractivity contribution >= 4 is 18.0 Å². The second-order valence-corrected chi connectivity index (χ2v) is 6.18. The summed E-state index contributed by atoms with van der Waals surface area (Å²) < 4.78 is 10.3. The summed E-state index contributed by atoms with van der Waals surface area (Å²) in [7, 11) is 0. The third kappa shape index (κ3) is 6.46. The van der Waals surface area contributed by atoms with Gasteiger partial charge in [0, 0.05) is 6.08 Å². The van der Waals surface area contributed by atoms with E-state index in [1.54, 1.807) is 0 Å². The molecule has 0 aliphatic heterocycles. The number of ether oxygens (including phenoxy) is 2. The number of phenolic OH excluding ortho intramolecular Hbond substituents is 4. The number of phenols is 4. The van der Waals surface area contributed by atoms with Gasteiger partial charge in [0.1, 0.15) is 6.10 Å². The molecule has 0 fully saturated rings. The quantitative estimate of drug-likeness (QED) is 0.301. The van der Waals surface area contributed by atoms with Gasteiger partial charge in [-0.25, -0.2) is 4.79 Å². The summed E-state index contributed by atoms with van der Waals surface area (Å²) >= 11 is 0. The molecule has 4 N–H and O–H groups in total. The molecule has 2 rings (SSSR count). The van der Waals surface area contributed by atoms with Crippen molar-refractivity contribution in [3.05, 3.63) is 53.6 Å². The maximum atomic E-state index is 12.2. The van der Waals surface area contributed by atoms with E-state index in [-0.39, 0.29) is 30.3 Å². The van der Waals surface area contributed by atoms with Crippen molar-refractivity contribution in [1.82, 2.24) is 0 Å². The van der Waals surface area contributed by atoms with Crippen LogP contribution in [0, 0.1) is 0 Å². The van der Waals surface area contributed by atoms with E-state index < -0.39 is 23.8 Å². The second-order valence-electron chi connectivity index (χ2n) is 6.18. The van der Waals surface area contributed by atoms with Gasteiger partial charge < -0.3 is 29.9 Å². The van der Waals surface area contributed by atoms with E-state index in [2.05, 4.69) is 0 Å². The van der Waals surface area contributed by atoms with Gasteiger partial charge in [-0.1, -0.05) is 19.1 Å². The Hall–Kier alpha value is -3.68. The molecule has 0 aliphatic rings. The van der Waals surface area contributed by atoms with Crippen molar-refractivity contribution in [2.24, 2.45) is 0 Å². The Morgan fingerprint density at radius 2 is 1.62 bits per heavy atom. The SMILES string of the molecule is CCCOC(=O)CC(OC(=O)/C=C/c1ccc(O)c(O)c1)c1ccc(O)c(O)c1. The van der Waals surface area contributed by atoms with Crippen LogP contribution < -0.4 is 0 Å². The number of hydrogen-bond acceptors (Lipinski definition) is 8. The van der Waals surface area contributed by atoms with Gasteiger partial charge in [-0.3, -0.25) is 4.79 Å². The minimum Gasteiger partial charge on any atom is -0.504 e. The van der Waals surface area contributed by atoms with Gasteiger partial charge in [-0.05, 0) is 47.9 Å². The average molecular weight is 402 g/mol. The lowest BCUT2D eigenvalue weighted by molar-refractivity contribution is -0.152. The Balaban J connectivity index is 2.15. The summed E-state index contributed by atoms with van der Waals surface area (Å²) in [6.07, 6.45) is 1.78. The van der Waals surface area contributed by atoms with Crippen molar-refractivity contribution in [3.63, 3.8) is 0 Å².